The first-order valence-electron chi connectivity index (χ1n) is 7.23. The summed E-state index contributed by atoms with van der Waals surface area (Å²) in [5, 5.41) is 8.46. The number of aromatic nitrogens is 6. The van der Waals surface area contributed by atoms with Crippen LogP contribution in [0, 0.1) is 0 Å². The number of hydrogen-bond acceptors (Lipinski definition) is 5. The average molecular weight is 309 g/mol. The molecule has 0 aliphatic heterocycles. The van der Waals surface area contributed by atoms with Crippen LogP contribution in [0.3, 0.4) is 0 Å². The zero-order chi connectivity index (χ0) is 16.0. The summed E-state index contributed by atoms with van der Waals surface area (Å²) in [6, 6.07) is 5.83. The van der Waals surface area contributed by atoms with Crippen LogP contribution in [0.4, 0.5) is 5.82 Å². The average Bonchev–Trinajstić information content (AvgIpc) is 3.09. The van der Waals surface area contributed by atoms with E-state index >= 15 is 0 Å². The number of aryl methyl sites for hydroxylation is 1. The van der Waals surface area contributed by atoms with Gasteiger partial charge in [-0.05, 0) is 24.6 Å². The number of benzene rings is 1. The van der Waals surface area contributed by atoms with E-state index in [0.717, 1.165) is 33.4 Å². The van der Waals surface area contributed by atoms with E-state index in [0.29, 0.717) is 0 Å². The standard InChI is InChI=1S/C15H15N7O/c1-8(9-3-4-11-12(5-9)21-15(23)20-11)19-13-10-6-18-22(2)14(10)17-7-16-13/h3-8H,1-2H3,(H,16,17,19)(H2,20,21,23). The molecule has 116 valence electrons. The van der Waals surface area contributed by atoms with Gasteiger partial charge in [-0.25, -0.2) is 14.8 Å². The Kier molecular flexibility index (Phi) is 2.90. The van der Waals surface area contributed by atoms with E-state index in [9.17, 15) is 4.79 Å². The highest BCUT2D eigenvalue weighted by molar-refractivity contribution is 5.86. The van der Waals surface area contributed by atoms with Crippen LogP contribution in [-0.2, 0) is 7.05 Å². The van der Waals surface area contributed by atoms with Crippen LogP contribution < -0.4 is 11.0 Å². The van der Waals surface area contributed by atoms with E-state index in [1.165, 1.54) is 6.33 Å². The lowest BCUT2D eigenvalue weighted by atomic mass is 10.1. The van der Waals surface area contributed by atoms with Crippen LogP contribution in [0.15, 0.2) is 35.5 Å². The molecule has 23 heavy (non-hydrogen) atoms. The molecule has 3 N–H and O–H groups in total. The fourth-order valence-corrected chi connectivity index (χ4v) is 2.68. The molecular weight excluding hydrogens is 294 g/mol. The summed E-state index contributed by atoms with van der Waals surface area (Å²) in [5.74, 6) is 0.734. The number of imidazole rings is 1. The van der Waals surface area contributed by atoms with Gasteiger partial charge in [-0.3, -0.25) is 4.68 Å². The highest BCUT2D eigenvalue weighted by Gasteiger charge is 2.12. The first-order chi connectivity index (χ1) is 11.1. The molecule has 0 radical (unpaired) electrons. The quantitative estimate of drug-likeness (QED) is 0.534. The van der Waals surface area contributed by atoms with Crippen molar-refractivity contribution in [2.75, 3.05) is 5.32 Å². The maximum atomic E-state index is 11.4. The molecule has 3 aromatic heterocycles. The van der Waals surface area contributed by atoms with Crippen molar-refractivity contribution in [3.8, 4) is 0 Å². The molecule has 3 heterocycles. The van der Waals surface area contributed by atoms with Crippen molar-refractivity contribution in [2.45, 2.75) is 13.0 Å². The van der Waals surface area contributed by atoms with Crippen molar-refractivity contribution < 1.29 is 0 Å². The van der Waals surface area contributed by atoms with Gasteiger partial charge in [-0.15, -0.1) is 0 Å². The summed E-state index contributed by atoms with van der Waals surface area (Å²) in [6.45, 7) is 2.04. The highest BCUT2D eigenvalue weighted by Crippen LogP contribution is 2.24. The highest BCUT2D eigenvalue weighted by atomic mass is 16.1. The van der Waals surface area contributed by atoms with Gasteiger partial charge in [0, 0.05) is 7.05 Å². The number of nitrogens with zero attached hydrogens (tertiary/aromatic N) is 4. The largest absolute Gasteiger partial charge is 0.363 e. The van der Waals surface area contributed by atoms with Gasteiger partial charge in [0.2, 0.25) is 0 Å². The molecule has 0 bridgehead atoms. The lowest BCUT2D eigenvalue weighted by Crippen LogP contribution is -2.08. The number of fused-ring (bicyclic) bond motifs is 2. The molecule has 8 heteroatoms. The Balaban J connectivity index is 1.69. The van der Waals surface area contributed by atoms with Crippen LogP contribution in [0.5, 0.6) is 0 Å². The molecule has 0 aliphatic carbocycles. The zero-order valence-corrected chi connectivity index (χ0v) is 12.7. The summed E-state index contributed by atoms with van der Waals surface area (Å²) < 4.78 is 1.71. The zero-order valence-electron chi connectivity index (χ0n) is 12.7. The van der Waals surface area contributed by atoms with E-state index < -0.39 is 0 Å². The van der Waals surface area contributed by atoms with Crippen LogP contribution in [0.2, 0.25) is 0 Å². The van der Waals surface area contributed by atoms with Gasteiger partial charge < -0.3 is 15.3 Å². The van der Waals surface area contributed by atoms with Crippen LogP contribution >= 0.6 is 0 Å². The third-order valence-corrected chi connectivity index (χ3v) is 3.92. The second-order valence-corrected chi connectivity index (χ2v) is 5.48. The van der Waals surface area contributed by atoms with Gasteiger partial charge in [0.25, 0.3) is 0 Å². The molecule has 0 amide bonds. The molecule has 4 rings (SSSR count). The van der Waals surface area contributed by atoms with Crippen LogP contribution in [0.1, 0.15) is 18.5 Å². The summed E-state index contributed by atoms with van der Waals surface area (Å²) in [7, 11) is 1.85. The summed E-state index contributed by atoms with van der Waals surface area (Å²) in [6.07, 6.45) is 3.27. The van der Waals surface area contributed by atoms with Gasteiger partial charge in [0.05, 0.1) is 28.7 Å². The third-order valence-electron chi connectivity index (χ3n) is 3.92. The van der Waals surface area contributed by atoms with Gasteiger partial charge >= 0.3 is 5.69 Å². The lowest BCUT2D eigenvalue weighted by molar-refractivity contribution is 0.785. The van der Waals surface area contributed by atoms with Crippen molar-refractivity contribution in [3.05, 3.63) is 46.8 Å². The first-order valence-corrected chi connectivity index (χ1v) is 7.23. The van der Waals surface area contributed by atoms with E-state index in [1.54, 1.807) is 10.9 Å². The summed E-state index contributed by atoms with van der Waals surface area (Å²) in [5.41, 5.74) is 3.20. The fraction of sp³-hybridized carbons (Fsp3) is 0.200. The molecular formula is C15H15N7O. The van der Waals surface area contributed by atoms with Crippen molar-refractivity contribution >= 4 is 27.9 Å². The molecule has 4 aromatic rings. The fourth-order valence-electron chi connectivity index (χ4n) is 2.68. The minimum Gasteiger partial charge on any atom is -0.363 e. The first kappa shape index (κ1) is 13.5. The van der Waals surface area contributed by atoms with E-state index in [2.05, 4.69) is 30.4 Å². The normalized spacial score (nSPS) is 12.8. The summed E-state index contributed by atoms with van der Waals surface area (Å²) >= 11 is 0. The Bertz CT molecular complexity index is 1060. The number of rotatable bonds is 3. The summed E-state index contributed by atoms with van der Waals surface area (Å²) in [4.78, 5) is 25.4. The second kappa shape index (κ2) is 4.94. The molecule has 0 fully saturated rings. The number of nitrogens with one attached hydrogen (secondary N) is 3. The number of hydrogen-bond donors (Lipinski definition) is 3. The molecule has 1 aromatic carbocycles. The van der Waals surface area contributed by atoms with E-state index in [4.69, 9.17) is 0 Å². The van der Waals surface area contributed by atoms with Crippen LogP contribution in [-0.4, -0.2) is 29.7 Å². The van der Waals surface area contributed by atoms with Crippen molar-refractivity contribution in [1.82, 2.24) is 29.7 Å². The molecule has 1 unspecified atom stereocenters. The maximum absolute atomic E-state index is 11.4. The smallest absolute Gasteiger partial charge is 0.323 e. The molecule has 1 atom stereocenters. The SMILES string of the molecule is CC(Nc1ncnc2c1cnn2C)c1ccc2[nH]c(=O)[nH]c2c1. The van der Waals surface area contributed by atoms with Gasteiger partial charge in [-0.2, -0.15) is 5.10 Å². The minimum atomic E-state index is -0.203. The number of anilines is 1. The van der Waals surface area contributed by atoms with Crippen molar-refractivity contribution in [1.29, 1.82) is 0 Å². The Morgan fingerprint density at radius 2 is 2.04 bits per heavy atom. The minimum absolute atomic E-state index is 0.0103. The second-order valence-electron chi connectivity index (χ2n) is 5.48. The Morgan fingerprint density at radius 3 is 2.91 bits per heavy atom. The molecule has 0 saturated carbocycles. The van der Waals surface area contributed by atoms with E-state index in [1.807, 2.05) is 32.2 Å². The topological polar surface area (TPSA) is 104 Å². The number of H-pyrrole nitrogens is 2. The van der Waals surface area contributed by atoms with E-state index in [-0.39, 0.29) is 11.7 Å². The number of aromatic amines is 2. The Hall–Kier alpha value is -3.16. The van der Waals surface area contributed by atoms with Crippen molar-refractivity contribution in [2.24, 2.45) is 7.05 Å². The molecule has 0 aliphatic rings. The van der Waals surface area contributed by atoms with Gasteiger partial charge in [-0.1, -0.05) is 6.07 Å². The van der Waals surface area contributed by atoms with Crippen LogP contribution in [0.25, 0.3) is 22.1 Å². The predicted octanol–water partition coefficient (Wildman–Crippen LogP) is 1.71. The Morgan fingerprint density at radius 1 is 1.22 bits per heavy atom. The van der Waals surface area contributed by atoms with Crippen molar-refractivity contribution in [3.63, 3.8) is 0 Å². The molecule has 0 saturated heterocycles. The van der Waals surface area contributed by atoms with Gasteiger partial charge in [0.15, 0.2) is 5.65 Å². The maximum Gasteiger partial charge on any atom is 0.323 e. The third kappa shape index (κ3) is 2.24. The lowest BCUT2D eigenvalue weighted by Gasteiger charge is -2.15. The predicted molar refractivity (Wildman–Crippen MR) is 87.3 cm³/mol. The Labute approximate surface area is 130 Å². The molecule has 0 spiro atoms. The molecule has 8 nitrogen and oxygen atoms in total. The monoisotopic (exact) mass is 309 g/mol. The van der Waals surface area contributed by atoms with Gasteiger partial charge in [0.1, 0.15) is 12.1 Å².